The van der Waals surface area contributed by atoms with Gasteiger partial charge in [-0.2, -0.15) is 0 Å². The largest absolute Gasteiger partial charge is 1.00 e. The van der Waals surface area contributed by atoms with Crippen LogP contribution in [0.15, 0.2) is 0 Å². The van der Waals surface area contributed by atoms with Crippen LogP contribution in [0, 0.1) is 0 Å². The third kappa shape index (κ3) is 4.50. The molecule has 0 saturated carbocycles. The first-order valence-electron chi connectivity index (χ1n) is 3.69. The first-order valence-corrected chi connectivity index (χ1v) is 3.69. The fourth-order valence-electron chi connectivity index (χ4n) is 0.742. The van der Waals surface area contributed by atoms with Crippen molar-refractivity contribution >= 4 is 25.0 Å². The zero-order valence-corrected chi connectivity index (χ0v) is 10.9. The summed E-state index contributed by atoms with van der Waals surface area (Å²) in [5.74, 6) is -4.63. The van der Waals surface area contributed by atoms with Crippen LogP contribution >= 0.6 is 0 Å². The Kier molecular flexibility index (Phi) is 7.63. The number of carboxylic acids is 1. The number of carbonyl (C=O) groups is 3. The van der Waals surface area contributed by atoms with Crippen LogP contribution in [0.5, 0.6) is 0 Å². The molecule has 0 saturated heterocycles. The normalized spacial score (nSPS) is 9.75. The Morgan fingerprint density at radius 3 is 1.56 bits per heavy atom. The first kappa shape index (κ1) is 17.8. The van der Waals surface area contributed by atoms with Crippen LogP contribution in [0.1, 0.15) is 13.8 Å². The maximum Gasteiger partial charge on any atom is 1.00 e. The van der Waals surface area contributed by atoms with Crippen LogP contribution in [0.25, 0.3) is 0 Å². The number of hydrogen-bond donors (Lipinski definition) is 2. The van der Waals surface area contributed by atoms with E-state index in [2.05, 4.69) is 9.47 Å². The fourth-order valence-corrected chi connectivity index (χ4v) is 0.742. The van der Waals surface area contributed by atoms with E-state index in [0.29, 0.717) is 0 Å². The molecule has 0 aromatic carbocycles. The van der Waals surface area contributed by atoms with E-state index in [4.69, 9.17) is 10.0 Å². The molecule has 0 fully saturated rings. The predicted molar refractivity (Wildman–Crippen MR) is 41.5 cm³/mol. The molecule has 0 aliphatic carbocycles. The van der Waals surface area contributed by atoms with Crippen LogP contribution in [0.2, 0.25) is 0 Å². The second-order valence-corrected chi connectivity index (χ2v) is 2.52. The number of ether oxygens (including phenoxy) is 2. The van der Waals surface area contributed by atoms with Crippen molar-refractivity contribution < 1.29 is 68.6 Å². The third-order valence-electron chi connectivity index (χ3n) is 1.22. The summed E-state index contributed by atoms with van der Waals surface area (Å²) in [5, 5.41) is 28.0. The topological polar surface area (TPSA) is 133 Å². The van der Waals surface area contributed by atoms with E-state index in [1.807, 2.05) is 0 Å². The van der Waals surface area contributed by atoms with Gasteiger partial charge in [-0.3, -0.25) is 9.59 Å². The van der Waals surface area contributed by atoms with Gasteiger partial charge < -0.3 is 29.4 Å². The molecule has 0 aromatic heterocycles. The van der Waals surface area contributed by atoms with E-state index in [0.717, 1.165) is 13.8 Å². The van der Waals surface area contributed by atoms with Crippen molar-refractivity contribution in [3.63, 3.8) is 0 Å². The van der Waals surface area contributed by atoms with Gasteiger partial charge in [0.15, 0.2) is 0 Å². The van der Waals surface area contributed by atoms with Crippen LogP contribution < -0.4 is 34.7 Å². The fraction of sp³-hybridized carbons (Fsp3) is 0.500. The van der Waals surface area contributed by atoms with Crippen LogP contribution in [-0.2, 0) is 23.9 Å². The Morgan fingerprint density at radius 1 is 1.12 bits per heavy atom. The Labute approximate surface area is 113 Å². The molecule has 2 N–H and O–H groups in total. The van der Waals surface area contributed by atoms with Crippen molar-refractivity contribution in [2.45, 2.75) is 19.5 Å². The summed E-state index contributed by atoms with van der Waals surface area (Å²) < 4.78 is 8.06. The number of hydrogen-bond acceptors (Lipinski definition) is 8. The summed E-state index contributed by atoms with van der Waals surface area (Å²) in [5.41, 5.74) is -3.24. The Bertz CT molecular complexity index is 274. The summed E-state index contributed by atoms with van der Waals surface area (Å²) in [6.45, 7) is 1.59. The van der Waals surface area contributed by atoms with E-state index in [1.54, 1.807) is 0 Å². The number of carboxylic acid groups (broad SMARTS) is 1. The van der Waals surface area contributed by atoms with Gasteiger partial charge in [-0.05, 0) is 0 Å². The Hall–Kier alpha value is -0.605. The third-order valence-corrected chi connectivity index (χ3v) is 1.22. The zero-order chi connectivity index (χ0) is 12.2. The molecule has 8 nitrogen and oxygen atoms in total. The van der Waals surface area contributed by atoms with Crippen molar-refractivity contribution in [3.8, 4) is 0 Å². The average Bonchev–Trinajstić information content (AvgIpc) is 1.99. The number of carbonyl (C=O) groups excluding carboxylic acids is 3. The van der Waals surface area contributed by atoms with Gasteiger partial charge in [-0.25, -0.2) is 0 Å². The van der Waals surface area contributed by atoms with Gasteiger partial charge in [0, 0.05) is 13.8 Å². The van der Waals surface area contributed by atoms with Gasteiger partial charge in [-0.1, -0.05) is 0 Å². The van der Waals surface area contributed by atoms with E-state index >= 15 is 0 Å². The SMILES string of the molecule is CC(=O)OC(OC(C)=O)(B(O)O)C(=O)[O-].[Na+]. The van der Waals surface area contributed by atoms with Crippen molar-refractivity contribution in [2.75, 3.05) is 0 Å². The molecule has 0 radical (unpaired) electrons. The van der Waals surface area contributed by atoms with Gasteiger partial charge in [0.25, 0.3) is 0 Å². The second-order valence-electron chi connectivity index (χ2n) is 2.52. The first-order chi connectivity index (χ1) is 6.72. The maximum absolute atomic E-state index is 10.5. The molecule has 0 bridgehead atoms. The van der Waals surface area contributed by atoms with Gasteiger partial charge in [-0.15, -0.1) is 0 Å². The molecule has 0 heterocycles. The molecular weight excluding hydrogens is 234 g/mol. The summed E-state index contributed by atoms with van der Waals surface area (Å²) in [7, 11) is -2.75. The molecule has 0 rings (SSSR count). The molecule has 84 valence electrons. The summed E-state index contributed by atoms with van der Waals surface area (Å²) in [6.07, 6.45) is 0. The summed E-state index contributed by atoms with van der Waals surface area (Å²) in [6, 6.07) is 0. The van der Waals surface area contributed by atoms with E-state index in [-0.39, 0.29) is 29.6 Å². The minimum atomic E-state index is -3.24. The number of rotatable bonds is 4. The quantitative estimate of drug-likeness (QED) is 0.282. The number of aliphatic carboxylic acids is 1. The van der Waals surface area contributed by atoms with Gasteiger partial charge in [0.05, 0.1) is 0 Å². The molecular formula is C6H8BNaO8. The van der Waals surface area contributed by atoms with E-state index in [9.17, 15) is 19.5 Å². The molecule has 0 aliphatic heterocycles. The van der Waals surface area contributed by atoms with Gasteiger partial charge in [0.1, 0.15) is 5.97 Å². The maximum atomic E-state index is 10.5. The molecule has 0 unspecified atom stereocenters. The molecule has 0 aromatic rings. The molecule has 0 spiro atoms. The standard InChI is InChI=1S/C6H9BO8.Na/c1-3(8)14-6(5(10)11,7(12)13)15-4(2)9;/h12-13H,1-2H3,(H,10,11);/q;+1/p-1. The van der Waals surface area contributed by atoms with E-state index < -0.39 is 30.7 Å². The molecule has 16 heavy (non-hydrogen) atoms. The van der Waals surface area contributed by atoms with Crippen molar-refractivity contribution in [1.29, 1.82) is 0 Å². The van der Waals surface area contributed by atoms with Crippen molar-refractivity contribution in [1.82, 2.24) is 0 Å². The molecule has 0 aliphatic rings. The Morgan fingerprint density at radius 2 is 1.44 bits per heavy atom. The van der Waals surface area contributed by atoms with Crippen LogP contribution in [-0.4, -0.2) is 40.8 Å². The summed E-state index contributed by atoms with van der Waals surface area (Å²) in [4.78, 5) is 31.6. The van der Waals surface area contributed by atoms with Crippen LogP contribution in [0.4, 0.5) is 0 Å². The van der Waals surface area contributed by atoms with Gasteiger partial charge >= 0.3 is 54.3 Å². The minimum Gasteiger partial charge on any atom is -0.543 e. The smallest absolute Gasteiger partial charge is 0.543 e. The van der Waals surface area contributed by atoms with Crippen molar-refractivity contribution in [2.24, 2.45) is 0 Å². The number of esters is 2. The molecule has 0 atom stereocenters. The van der Waals surface area contributed by atoms with E-state index in [1.165, 1.54) is 0 Å². The zero-order valence-electron chi connectivity index (χ0n) is 8.92. The molecule has 0 amide bonds. The van der Waals surface area contributed by atoms with Crippen molar-refractivity contribution in [3.05, 3.63) is 0 Å². The molecule has 10 heteroatoms. The van der Waals surface area contributed by atoms with Gasteiger partial charge in [0.2, 0.25) is 0 Å². The second kappa shape index (κ2) is 6.87. The minimum absolute atomic E-state index is 0. The summed E-state index contributed by atoms with van der Waals surface area (Å²) >= 11 is 0. The predicted octanol–water partition coefficient (Wildman–Crippen LogP) is -6.43. The Balaban J connectivity index is 0. The van der Waals surface area contributed by atoms with Crippen LogP contribution in [0.3, 0.4) is 0 Å². The monoisotopic (exact) mass is 242 g/mol. The average molecular weight is 242 g/mol.